The number of halogens is 1. The third kappa shape index (κ3) is 1.84. The molecule has 2 aromatic rings. The van der Waals surface area contributed by atoms with E-state index in [2.05, 4.69) is 5.10 Å². The van der Waals surface area contributed by atoms with Crippen molar-refractivity contribution < 1.29 is 5.11 Å². The van der Waals surface area contributed by atoms with Gasteiger partial charge in [-0.3, -0.25) is 0 Å². The van der Waals surface area contributed by atoms with Crippen LogP contribution in [-0.2, 0) is 6.61 Å². The summed E-state index contributed by atoms with van der Waals surface area (Å²) in [6.07, 6.45) is 1.67. The lowest BCUT2D eigenvalue weighted by Crippen LogP contribution is -1.99. The van der Waals surface area contributed by atoms with Crippen LogP contribution in [0.1, 0.15) is 16.8 Å². The topological polar surface area (TPSA) is 38.0 Å². The molecule has 0 amide bonds. The lowest BCUT2D eigenvalue weighted by atomic mass is 10.2. The van der Waals surface area contributed by atoms with E-state index in [1.54, 1.807) is 10.9 Å². The number of aliphatic hydroxyl groups is 1. The molecule has 1 aromatic carbocycles. The molecule has 0 bridgehead atoms. The molecule has 0 radical (unpaired) electrons. The van der Waals surface area contributed by atoms with Crippen molar-refractivity contribution >= 4 is 11.6 Å². The summed E-state index contributed by atoms with van der Waals surface area (Å²) >= 11 is 6.07. The summed E-state index contributed by atoms with van der Waals surface area (Å²) in [6, 6.07) is 5.79. The molecule has 16 heavy (non-hydrogen) atoms. The lowest BCUT2D eigenvalue weighted by Gasteiger charge is -2.06. The molecule has 84 valence electrons. The minimum atomic E-state index is 0.00538. The fraction of sp³-hybridized carbons (Fsp3) is 0.250. The Balaban J connectivity index is 2.50. The van der Waals surface area contributed by atoms with Crippen molar-refractivity contribution in [3.8, 4) is 5.69 Å². The van der Waals surface area contributed by atoms with Crippen molar-refractivity contribution in [3.63, 3.8) is 0 Å². The maximum atomic E-state index is 9.10. The zero-order valence-corrected chi connectivity index (χ0v) is 9.99. The van der Waals surface area contributed by atoms with Crippen LogP contribution in [0.4, 0.5) is 0 Å². The van der Waals surface area contributed by atoms with Gasteiger partial charge in [-0.2, -0.15) is 5.10 Å². The maximum Gasteiger partial charge on any atom is 0.0715 e. The Hall–Kier alpha value is -1.32. The van der Waals surface area contributed by atoms with Gasteiger partial charge in [0.05, 0.1) is 18.5 Å². The second-order valence-electron chi connectivity index (χ2n) is 3.76. The smallest absolute Gasteiger partial charge is 0.0715 e. The van der Waals surface area contributed by atoms with Crippen LogP contribution in [0, 0.1) is 13.8 Å². The van der Waals surface area contributed by atoms with Crippen molar-refractivity contribution in [3.05, 3.63) is 46.2 Å². The third-order valence-electron chi connectivity index (χ3n) is 2.68. The van der Waals surface area contributed by atoms with Gasteiger partial charge < -0.3 is 5.11 Å². The normalized spacial score (nSPS) is 10.8. The van der Waals surface area contributed by atoms with Crippen LogP contribution in [0.15, 0.2) is 24.4 Å². The highest BCUT2D eigenvalue weighted by Gasteiger charge is 2.07. The van der Waals surface area contributed by atoms with E-state index in [1.807, 2.05) is 32.0 Å². The number of hydrogen-bond acceptors (Lipinski definition) is 2. The SMILES string of the molecule is Cc1ccc(-n2ncc(CO)c2C)cc1Cl. The summed E-state index contributed by atoms with van der Waals surface area (Å²) in [5.41, 5.74) is 3.71. The molecule has 0 atom stereocenters. The van der Waals surface area contributed by atoms with Crippen molar-refractivity contribution in [2.24, 2.45) is 0 Å². The van der Waals surface area contributed by atoms with Crippen molar-refractivity contribution in [1.82, 2.24) is 9.78 Å². The predicted molar refractivity (Wildman–Crippen MR) is 64.0 cm³/mol. The summed E-state index contributed by atoms with van der Waals surface area (Å²) in [5, 5.41) is 14.0. The van der Waals surface area contributed by atoms with Crippen molar-refractivity contribution in [2.45, 2.75) is 20.5 Å². The first kappa shape index (κ1) is 11.2. The van der Waals surface area contributed by atoms with Crippen LogP contribution >= 0.6 is 11.6 Å². The Morgan fingerprint density at radius 1 is 1.38 bits per heavy atom. The second kappa shape index (κ2) is 4.28. The monoisotopic (exact) mass is 236 g/mol. The van der Waals surface area contributed by atoms with Gasteiger partial charge in [0.25, 0.3) is 0 Å². The van der Waals surface area contributed by atoms with Gasteiger partial charge in [0.1, 0.15) is 0 Å². The average molecular weight is 237 g/mol. The Labute approximate surface area is 99.3 Å². The summed E-state index contributed by atoms with van der Waals surface area (Å²) in [6.45, 7) is 3.89. The van der Waals surface area contributed by atoms with Gasteiger partial charge >= 0.3 is 0 Å². The first-order chi connectivity index (χ1) is 7.63. The van der Waals surface area contributed by atoms with E-state index in [0.29, 0.717) is 0 Å². The number of rotatable bonds is 2. The molecule has 0 unspecified atom stereocenters. The maximum absolute atomic E-state index is 9.10. The van der Waals surface area contributed by atoms with E-state index in [4.69, 9.17) is 16.7 Å². The molecular weight excluding hydrogens is 224 g/mol. The van der Waals surface area contributed by atoms with Crippen LogP contribution < -0.4 is 0 Å². The number of aromatic nitrogens is 2. The molecule has 1 heterocycles. The van der Waals surface area contributed by atoms with Gasteiger partial charge in [0, 0.05) is 16.3 Å². The zero-order valence-electron chi connectivity index (χ0n) is 9.24. The number of benzene rings is 1. The van der Waals surface area contributed by atoms with Crippen molar-refractivity contribution in [1.29, 1.82) is 0 Å². The first-order valence-corrected chi connectivity index (χ1v) is 5.42. The number of aryl methyl sites for hydroxylation is 1. The van der Waals surface area contributed by atoms with E-state index in [1.165, 1.54) is 0 Å². The molecule has 3 nitrogen and oxygen atoms in total. The van der Waals surface area contributed by atoms with Gasteiger partial charge in [-0.05, 0) is 31.5 Å². The Kier molecular flexibility index (Phi) is 2.99. The van der Waals surface area contributed by atoms with E-state index >= 15 is 0 Å². The largest absolute Gasteiger partial charge is 0.392 e. The molecule has 0 saturated carbocycles. The summed E-state index contributed by atoms with van der Waals surface area (Å²) in [7, 11) is 0. The molecule has 1 aromatic heterocycles. The van der Waals surface area contributed by atoms with E-state index in [0.717, 1.165) is 27.5 Å². The van der Waals surface area contributed by atoms with Gasteiger partial charge in [0.2, 0.25) is 0 Å². The average Bonchev–Trinajstić information content (AvgIpc) is 2.64. The lowest BCUT2D eigenvalue weighted by molar-refractivity contribution is 0.281. The molecule has 0 fully saturated rings. The minimum Gasteiger partial charge on any atom is -0.392 e. The quantitative estimate of drug-likeness (QED) is 0.871. The van der Waals surface area contributed by atoms with Crippen LogP contribution in [0.25, 0.3) is 5.69 Å². The summed E-state index contributed by atoms with van der Waals surface area (Å²) in [4.78, 5) is 0. The fourth-order valence-corrected chi connectivity index (χ4v) is 1.75. The molecule has 2 rings (SSSR count). The van der Waals surface area contributed by atoms with E-state index < -0.39 is 0 Å². The highest BCUT2D eigenvalue weighted by Crippen LogP contribution is 2.21. The van der Waals surface area contributed by atoms with E-state index in [-0.39, 0.29) is 6.61 Å². The Bertz CT molecular complexity index is 520. The fourth-order valence-electron chi connectivity index (χ4n) is 1.57. The highest BCUT2D eigenvalue weighted by molar-refractivity contribution is 6.31. The summed E-state index contributed by atoms with van der Waals surface area (Å²) < 4.78 is 1.77. The molecule has 0 aliphatic carbocycles. The van der Waals surface area contributed by atoms with Gasteiger partial charge in [0.15, 0.2) is 0 Å². The number of hydrogen-bond donors (Lipinski definition) is 1. The van der Waals surface area contributed by atoms with Crippen LogP contribution in [0.3, 0.4) is 0 Å². The predicted octanol–water partition coefficient (Wildman–Crippen LogP) is 2.63. The van der Waals surface area contributed by atoms with Gasteiger partial charge in [-0.25, -0.2) is 4.68 Å². The van der Waals surface area contributed by atoms with Crippen LogP contribution in [-0.4, -0.2) is 14.9 Å². The standard InChI is InChI=1S/C12H13ClN2O/c1-8-3-4-11(5-12(8)13)15-9(2)10(7-16)6-14-15/h3-6,16H,7H2,1-2H3. The summed E-state index contributed by atoms with van der Waals surface area (Å²) in [5.74, 6) is 0. The third-order valence-corrected chi connectivity index (χ3v) is 3.09. The minimum absolute atomic E-state index is 0.00538. The number of nitrogens with zero attached hydrogens (tertiary/aromatic N) is 2. The Morgan fingerprint density at radius 2 is 2.12 bits per heavy atom. The molecule has 1 N–H and O–H groups in total. The first-order valence-electron chi connectivity index (χ1n) is 5.04. The molecule has 0 aliphatic heterocycles. The molecule has 0 saturated heterocycles. The number of aliphatic hydroxyl groups excluding tert-OH is 1. The van der Waals surface area contributed by atoms with Gasteiger partial charge in [-0.1, -0.05) is 17.7 Å². The second-order valence-corrected chi connectivity index (χ2v) is 4.17. The Morgan fingerprint density at radius 3 is 2.69 bits per heavy atom. The molecule has 4 heteroatoms. The highest BCUT2D eigenvalue weighted by atomic mass is 35.5. The molecule has 0 aliphatic rings. The molecular formula is C12H13ClN2O. The zero-order chi connectivity index (χ0) is 11.7. The van der Waals surface area contributed by atoms with E-state index in [9.17, 15) is 0 Å². The van der Waals surface area contributed by atoms with Gasteiger partial charge in [-0.15, -0.1) is 0 Å². The molecule has 0 spiro atoms. The van der Waals surface area contributed by atoms with Crippen molar-refractivity contribution in [2.75, 3.05) is 0 Å². The van der Waals surface area contributed by atoms with Crippen LogP contribution in [0.5, 0.6) is 0 Å². The van der Waals surface area contributed by atoms with Crippen LogP contribution in [0.2, 0.25) is 5.02 Å².